The third kappa shape index (κ3) is 10.2. The van der Waals surface area contributed by atoms with Gasteiger partial charge in [-0.25, -0.2) is 0 Å². The summed E-state index contributed by atoms with van der Waals surface area (Å²) in [6.45, 7) is 4.86. The van der Waals surface area contributed by atoms with Crippen LogP contribution in [0.5, 0.6) is 0 Å². The fourth-order valence-corrected chi connectivity index (χ4v) is 3.80. The zero-order chi connectivity index (χ0) is 22.2. The van der Waals surface area contributed by atoms with Crippen molar-refractivity contribution in [1.29, 1.82) is 0 Å². The van der Waals surface area contributed by atoms with Gasteiger partial charge in [0, 0.05) is 10.5 Å². The van der Waals surface area contributed by atoms with Gasteiger partial charge in [0.1, 0.15) is 0 Å². The Kier molecular flexibility index (Phi) is 12.8. The molecule has 3 atom stereocenters. The van der Waals surface area contributed by atoms with Crippen LogP contribution in [0, 0.1) is 0 Å². The fourth-order valence-electron chi connectivity index (χ4n) is 3.80. The molecule has 0 radical (unpaired) electrons. The number of unbranched alkanes of at least 4 members (excludes halogenated alkanes) is 7. The van der Waals surface area contributed by atoms with Gasteiger partial charge in [-0.1, -0.05) is 105 Å². The molecule has 0 aliphatic carbocycles. The third-order valence-electron chi connectivity index (χ3n) is 5.68. The van der Waals surface area contributed by atoms with Gasteiger partial charge in [0.15, 0.2) is 6.29 Å². The molecule has 0 aromatic heterocycles. The highest BCUT2D eigenvalue weighted by Crippen LogP contribution is 2.28. The minimum absolute atomic E-state index is 0.271. The molecule has 1 heterocycles. The van der Waals surface area contributed by atoms with Crippen LogP contribution in [0.4, 0.5) is 0 Å². The van der Waals surface area contributed by atoms with Crippen molar-refractivity contribution in [1.82, 2.24) is 0 Å². The summed E-state index contributed by atoms with van der Waals surface area (Å²) in [5.74, 6) is 0. The van der Waals surface area contributed by atoms with E-state index >= 15 is 0 Å². The zero-order valence-corrected chi connectivity index (χ0v) is 19.3. The lowest BCUT2D eigenvalue weighted by Crippen LogP contribution is -2.37. The van der Waals surface area contributed by atoms with Crippen LogP contribution >= 0.6 is 0 Å². The number of hydrogen-bond donors (Lipinski definition) is 0. The highest BCUT2D eigenvalue weighted by atomic mass is 16.7. The van der Waals surface area contributed by atoms with Crippen molar-refractivity contribution < 1.29 is 9.47 Å². The van der Waals surface area contributed by atoms with E-state index in [1.54, 1.807) is 0 Å². The minimum atomic E-state index is -0.426. The van der Waals surface area contributed by atoms with Crippen LogP contribution in [-0.4, -0.2) is 18.8 Å². The maximum atomic E-state index is 8.85. The summed E-state index contributed by atoms with van der Waals surface area (Å²) in [5.41, 5.74) is 11.3. The van der Waals surface area contributed by atoms with Crippen molar-refractivity contribution in [2.75, 3.05) is 6.61 Å². The number of nitrogens with zero attached hydrogens (tertiary/aromatic N) is 3. The second kappa shape index (κ2) is 15.7. The number of benzene rings is 1. The number of allylic oxidation sites excluding steroid dienone is 3. The Morgan fingerprint density at radius 3 is 2.58 bits per heavy atom. The Morgan fingerprint density at radius 2 is 1.84 bits per heavy atom. The predicted molar refractivity (Wildman–Crippen MR) is 128 cm³/mol. The molecule has 2 rings (SSSR count). The average Bonchev–Trinajstić information content (AvgIpc) is 2.80. The average molecular weight is 426 g/mol. The van der Waals surface area contributed by atoms with Crippen LogP contribution in [0.25, 0.3) is 10.4 Å². The van der Waals surface area contributed by atoms with E-state index in [4.69, 9.17) is 15.0 Å². The molecule has 0 saturated carbocycles. The standard InChI is InChI=1S/C26H39N3O2/c1-3-4-5-6-7-8-11-16-22(2)17-12-9-15-20-25-24(28-29-27)21-30-26(31-25)23-18-13-10-14-19-23/h10,13-15,17-20,24-26H,3-9,11-12,16,21H2,1-2H3/b20-15+,22-17+/t24-,25+,26-/m0/s1. The lowest BCUT2D eigenvalue weighted by Gasteiger charge is -2.33. The zero-order valence-electron chi connectivity index (χ0n) is 19.3. The van der Waals surface area contributed by atoms with Crippen molar-refractivity contribution in [2.45, 2.75) is 96.5 Å². The number of rotatable bonds is 14. The van der Waals surface area contributed by atoms with Crippen LogP contribution in [0.1, 0.15) is 89.9 Å². The van der Waals surface area contributed by atoms with Crippen LogP contribution < -0.4 is 0 Å². The summed E-state index contributed by atoms with van der Waals surface area (Å²) >= 11 is 0. The Balaban J connectivity index is 1.72. The first-order valence-electron chi connectivity index (χ1n) is 11.9. The molecule has 5 heteroatoms. The van der Waals surface area contributed by atoms with Crippen molar-refractivity contribution in [3.05, 3.63) is 70.1 Å². The summed E-state index contributed by atoms with van der Waals surface area (Å²) in [6, 6.07) is 9.53. The maximum absolute atomic E-state index is 8.85. The van der Waals surface area contributed by atoms with Gasteiger partial charge >= 0.3 is 0 Å². The minimum Gasteiger partial charge on any atom is -0.348 e. The maximum Gasteiger partial charge on any atom is 0.184 e. The molecule has 1 aliphatic rings. The second-order valence-corrected chi connectivity index (χ2v) is 8.38. The smallest absolute Gasteiger partial charge is 0.184 e. The van der Waals surface area contributed by atoms with Gasteiger partial charge in [-0.3, -0.25) is 0 Å². The van der Waals surface area contributed by atoms with E-state index in [0.717, 1.165) is 18.4 Å². The normalized spacial score (nSPS) is 21.9. The molecule has 0 amide bonds. The summed E-state index contributed by atoms with van der Waals surface area (Å²) in [4.78, 5) is 2.95. The lowest BCUT2D eigenvalue weighted by atomic mass is 10.0. The third-order valence-corrected chi connectivity index (χ3v) is 5.68. The molecule has 1 saturated heterocycles. The van der Waals surface area contributed by atoms with Crippen molar-refractivity contribution in [2.24, 2.45) is 5.11 Å². The van der Waals surface area contributed by atoms with Crippen molar-refractivity contribution in [3.8, 4) is 0 Å². The monoisotopic (exact) mass is 425 g/mol. The van der Waals surface area contributed by atoms with Gasteiger partial charge in [-0.05, 0) is 38.1 Å². The molecule has 1 aromatic rings. The van der Waals surface area contributed by atoms with E-state index in [0.29, 0.717) is 6.61 Å². The van der Waals surface area contributed by atoms with Gasteiger partial charge in [-0.15, -0.1) is 0 Å². The first-order chi connectivity index (χ1) is 15.2. The molecule has 31 heavy (non-hydrogen) atoms. The fraction of sp³-hybridized carbons (Fsp3) is 0.615. The highest BCUT2D eigenvalue weighted by molar-refractivity contribution is 5.17. The number of hydrogen-bond acceptors (Lipinski definition) is 3. The van der Waals surface area contributed by atoms with E-state index in [-0.39, 0.29) is 12.1 Å². The first kappa shape index (κ1) is 25.2. The van der Waals surface area contributed by atoms with Crippen LogP contribution in [0.2, 0.25) is 0 Å². The summed E-state index contributed by atoms with van der Waals surface area (Å²) in [7, 11) is 0. The Bertz CT molecular complexity index is 711. The molecule has 0 spiro atoms. The summed E-state index contributed by atoms with van der Waals surface area (Å²) in [5, 5.41) is 3.85. The molecule has 0 N–H and O–H groups in total. The molecule has 0 unspecified atom stereocenters. The largest absolute Gasteiger partial charge is 0.348 e. The Morgan fingerprint density at radius 1 is 1.10 bits per heavy atom. The molecule has 5 nitrogen and oxygen atoms in total. The first-order valence-corrected chi connectivity index (χ1v) is 11.9. The topological polar surface area (TPSA) is 67.2 Å². The Labute approximate surface area is 188 Å². The number of azide groups is 1. The van der Waals surface area contributed by atoms with Crippen LogP contribution in [-0.2, 0) is 9.47 Å². The van der Waals surface area contributed by atoms with E-state index < -0.39 is 6.29 Å². The Hall–Kier alpha value is -2.07. The molecule has 1 aliphatic heterocycles. The van der Waals surface area contributed by atoms with Crippen molar-refractivity contribution in [3.63, 3.8) is 0 Å². The molecule has 170 valence electrons. The molecular weight excluding hydrogens is 386 g/mol. The molecule has 1 fully saturated rings. The molecule has 1 aromatic carbocycles. The van der Waals surface area contributed by atoms with Gasteiger partial charge in [0.05, 0.1) is 18.8 Å². The van der Waals surface area contributed by atoms with E-state index in [9.17, 15) is 0 Å². The van der Waals surface area contributed by atoms with Crippen LogP contribution in [0.15, 0.2) is 59.2 Å². The van der Waals surface area contributed by atoms with E-state index in [1.165, 1.54) is 56.9 Å². The van der Waals surface area contributed by atoms with Crippen molar-refractivity contribution >= 4 is 0 Å². The number of ether oxygens (including phenoxy) is 2. The lowest BCUT2D eigenvalue weighted by molar-refractivity contribution is -0.212. The van der Waals surface area contributed by atoms with Gasteiger partial charge in [0.2, 0.25) is 0 Å². The summed E-state index contributed by atoms with van der Waals surface area (Å²) in [6.07, 6.45) is 18.5. The van der Waals surface area contributed by atoms with E-state index in [1.807, 2.05) is 36.4 Å². The van der Waals surface area contributed by atoms with Gasteiger partial charge in [0.25, 0.3) is 0 Å². The van der Waals surface area contributed by atoms with Gasteiger partial charge in [-0.2, -0.15) is 0 Å². The molecular formula is C26H39N3O2. The predicted octanol–water partition coefficient (Wildman–Crippen LogP) is 8.20. The highest BCUT2D eigenvalue weighted by Gasteiger charge is 2.30. The molecule has 0 bridgehead atoms. The van der Waals surface area contributed by atoms with Gasteiger partial charge < -0.3 is 9.47 Å². The van der Waals surface area contributed by atoms with Crippen LogP contribution in [0.3, 0.4) is 0 Å². The van der Waals surface area contributed by atoms with E-state index in [2.05, 4.69) is 36.0 Å². The quantitative estimate of drug-likeness (QED) is 0.0990. The SMILES string of the molecule is CCCCCCCCC/C(C)=C/CC/C=C/[C@H]1O[C@@H](c2ccccc2)OC[C@@H]1N=[N+]=[N-]. The summed E-state index contributed by atoms with van der Waals surface area (Å²) < 4.78 is 11.8. The second-order valence-electron chi connectivity index (χ2n) is 8.38.